The molecule has 1 aromatic carbocycles. The van der Waals surface area contributed by atoms with Gasteiger partial charge in [0.2, 0.25) is 0 Å². The number of para-hydroxylation sites is 1. The third kappa shape index (κ3) is 3.92. The summed E-state index contributed by atoms with van der Waals surface area (Å²) >= 11 is 0. The first-order valence-corrected chi connectivity index (χ1v) is 7.86. The molecule has 0 saturated heterocycles. The van der Waals surface area contributed by atoms with Crippen LogP contribution >= 0.6 is 0 Å². The van der Waals surface area contributed by atoms with Gasteiger partial charge in [-0.05, 0) is 32.1 Å². The van der Waals surface area contributed by atoms with Crippen LogP contribution in [0.3, 0.4) is 0 Å². The van der Waals surface area contributed by atoms with Crippen LogP contribution in [0.5, 0.6) is 0 Å². The van der Waals surface area contributed by atoms with Crippen molar-refractivity contribution in [1.29, 1.82) is 0 Å². The Labute approximate surface area is 138 Å². The van der Waals surface area contributed by atoms with Crippen molar-refractivity contribution in [3.63, 3.8) is 0 Å². The Morgan fingerprint density at radius 1 is 1.22 bits per heavy atom. The van der Waals surface area contributed by atoms with E-state index in [4.69, 9.17) is 10.2 Å². The summed E-state index contributed by atoms with van der Waals surface area (Å²) in [6.07, 6.45) is 0. The normalized spacial score (nSPS) is 12.1. The third-order valence-corrected chi connectivity index (χ3v) is 3.93. The Hall–Kier alpha value is -1.85. The predicted molar refractivity (Wildman–Crippen MR) is 93.4 cm³/mol. The molecule has 2 rings (SSSR count). The number of benzene rings is 1. The standard InChI is InChI=1S/C18H27N3O2/c1-18(2,11-19)12-21(5)17(22)16-14(10-20(3)4)13-8-6-7-9-15(13)23-16/h6-9H,10-12,19H2,1-5H3. The van der Waals surface area contributed by atoms with Crippen molar-refractivity contribution in [3.8, 4) is 0 Å². The van der Waals surface area contributed by atoms with Crippen LogP contribution < -0.4 is 5.73 Å². The number of hydrogen-bond donors (Lipinski definition) is 1. The summed E-state index contributed by atoms with van der Waals surface area (Å²) in [6, 6.07) is 7.78. The molecule has 0 aliphatic rings. The number of amides is 1. The van der Waals surface area contributed by atoms with Gasteiger partial charge < -0.3 is 20.0 Å². The Balaban J connectivity index is 2.39. The van der Waals surface area contributed by atoms with Crippen LogP contribution in [0.4, 0.5) is 0 Å². The summed E-state index contributed by atoms with van der Waals surface area (Å²) in [5, 5.41) is 0.996. The van der Waals surface area contributed by atoms with Crippen LogP contribution in [0.2, 0.25) is 0 Å². The molecule has 126 valence electrons. The Kier molecular flexibility index (Phi) is 5.12. The predicted octanol–water partition coefficient (Wildman–Crippen LogP) is 2.55. The number of carbonyl (C=O) groups is 1. The summed E-state index contributed by atoms with van der Waals surface area (Å²) < 4.78 is 5.88. The van der Waals surface area contributed by atoms with Gasteiger partial charge in [0.05, 0.1) is 0 Å². The van der Waals surface area contributed by atoms with Gasteiger partial charge in [-0.2, -0.15) is 0 Å². The van der Waals surface area contributed by atoms with Crippen molar-refractivity contribution in [2.75, 3.05) is 34.2 Å². The lowest BCUT2D eigenvalue weighted by molar-refractivity contribution is 0.0709. The average molecular weight is 317 g/mol. The molecule has 0 radical (unpaired) electrons. The number of carbonyl (C=O) groups excluding carboxylic acids is 1. The van der Waals surface area contributed by atoms with E-state index in [-0.39, 0.29) is 11.3 Å². The maximum absolute atomic E-state index is 12.9. The van der Waals surface area contributed by atoms with E-state index in [2.05, 4.69) is 13.8 Å². The highest BCUT2D eigenvalue weighted by molar-refractivity contribution is 5.99. The van der Waals surface area contributed by atoms with Crippen molar-refractivity contribution in [1.82, 2.24) is 9.80 Å². The van der Waals surface area contributed by atoms with E-state index in [9.17, 15) is 4.79 Å². The quantitative estimate of drug-likeness (QED) is 0.889. The van der Waals surface area contributed by atoms with E-state index >= 15 is 0 Å². The molecule has 2 aromatic rings. The van der Waals surface area contributed by atoms with Gasteiger partial charge in [0.1, 0.15) is 5.58 Å². The first kappa shape index (κ1) is 17.5. The van der Waals surface area contributed by atoms with E-state index < -0.39 is 0 Å². The highest BCUT2D eigenvalue weighted by Crippen LogP contribution is 2.28. The minimum atomic E-state index is -0.127. The van der Waals surface area contributed by atoms with E-state index in [0.717, 1.165) is 16.5 Å². The molecule has 0 aliphatic carbocycles. The summed E-state index contributed by atoms with van der Waals surface area (Å²) in [5.41, 5.74) is 7.34. The maximum Gasteiger partial charge on any atom is 0.289 e. The van der Waals surface area contributed by atoms with Crippen molar-refractivity contribution in [2.45, 2.75) is 20.4 Å². The lowest BCUT2D eigenvalue weighted by Crippen LogP contribution is -2.40. The summed E-state index contributed by atoms with van der Waals surface area (Å²) in [6.45, 7) is 5.87. The Morgan fingerprint density at radius 3 is 2.48 bits per heavy atom. The average Bonchev–Trinajstić information content (AvgIpc) is 2.84. The zero-order valence-electron chi connectivity index (χ0n) is 14.7. The monoisotopic (exact) mass is 317 g/mol. The number of nitrogens with two attached hydrogens (primary N) is 1. The number of fused-ring (bicyclic) bond motifs is 1. The van der Waals surface area contributed by atoms with E-state index in [1.54, 1.807) is 11.9 Å². The molecule has 1 aromatic heterocycles. The summed E-state index contributed by atoms with van der Waals surface area (Å²) in [4.78, 5) is 16.6. The Bertz CT molecular complexity index is 689. The number of hydrogen-bond acceptors (Lipinski definition) is 4. The molecule has 23 heavy (non-hydrogen) atoms. The van der Waals surface area contributed by atoms with Gasteiger partial charge in [-0.25, -0.2) is 0 Å². The first-order valence-electron chi connectivity index (χ1n) is 7.86. The zero-order valence-corrected chi connectivity index (χ0v) is 14.7. The summed E-state index contributed by atoms with van der Waals surface area (Å²) in [5.74, 6) is 0.329. The molecule has 1 amide bonds. The fourth-order valence-electron chi connectivity index (χ4n) is 2.70. The highest BCUT2D eigenvalue weighted by atomic mass is 16.3. The van der Waals surface area contributed by atoms with Crippen LogP contribution in [0.25, 0.3) is 11.0 Å². The van der Waals surface area contributed by atoms with Crippen molar-refractivity contribution < 1.29 is 9.21 Å². The topological polar surface area (TPSA) is 62.7 Å². The summed E-state index contributed by atoms with van der Waals surface area (Å²) in [7, 11) is 5.76. The molecular weight excluding hydrogens is 290 g/mol. The molecule has 0 fully saturated rings. The minimum Gasteiger partial charge on any atom is -0.451 e. The van der Waals surface area contributed by atoms with E-state index in [1.807, 2.05) is 43.3 Å². The minimum absolute atomic E-state index is 0.0976. The number of furan rings is 1. The smallest absolute Gasteiger partial charge is 0.289 e. The van der Waals surface area contributed by atoms with Gasteiger partial charge in [0, 0.05) is 31.1 Å². The van der Waals surface area contributed by atoms with Gasteiger partial charge >= 0.3 is 0 Å². The molecule has 0 bridgehead atoms. The molecule has 0 atom stereocenters. The maximum atomic E-state index is 12.9. The second-order valence-corrected chi connectivity index (χ2v) is 7.17. The molecule has 1 heterocycles. The van der Waals surface area contributed by atoms with Crippen LogP contribution in [0.15, 0.2) is 28.7 Å². The third-order valence-electron chi connectivity index (χ3n) is 3.93. The van der Waals surface area contributed by atoms with Crippen molar-refractivity contribution in [2.24, 2.45) is 11.1 Å². The van der Waals surface area contributed by atoms with E-state index in [1.165, 1.54) is 0 Å². The van der Waals surface area contributed by atoms with Gasteiger partial charge in [0.15, 0.2) is 5.76 Å². The second-order valence-electron chi connectivity index (χ2n) is 7.17. The number of rotatable bonds is 6. The molecule has 0 saturated carbocycles. The van der Waals surface area contributed by atoms with Crippen LogP contribution in [-0.4, -0.2) is 49.9 Å². The molecule has 0 unspecified atom stereocenters. The molecule has 2 N–H and O–H groups in total. The first-order chi connectivity index (χ1) is 10.7. The van der Waals surface area contributed by atoms with Crippen molar-refractivity contribution in [3.05, 3.63) is 35.6 Å². The molecule has 0 spiro atoms. The zero-order chi connectivity index (χ0) is 17.2. The highest BCUT2D eigenvalue weighted by Gasteiger charge is 2.27. The SMILES string of the molecule is CN(C)Cc1c(C(=O)N(C)CC(C)(C)CN)oc2ccccc12. The lowest BCUT2D eigenvalue weighted by Gasteiger charge is -2.28. The Morgan fingerprint density at radius 2 is 1.87 bits per heavy atom. The van der Waals surface area contributed by atoms with Gasteiger partial charge in [-0.15, -0.1) is 0 Å². The fourth-order valence-corrected chi connectivity index (χ4v) is 2.70. The van der Waals surface area contributed by atoms with Crippen molar-refractivity contribution >= 4 is 16.9 Å². The molecular formula is C18H27N3O2. The fraction of sp³-hybridized carbons (Fsp3) is 0.500. The van der Waals surface area contributed by atoms with Crippen LogP contribution in [-0.2, 0) is 6.54 Å². The molecule has 5 nitrogen and oxygen atoms in total. The van der Waals surface area contributed by atoms with E-state index in [0.29, 0.717) is 25.4 Å². The van der Waals surface area contributed by atoms with Crippen LogP contribution in [0, 0.1) is 5.41 Å². The van der Waals surface area contributed by atoms with Gasteiger partial charge in [0.25, 0.3) is 5.91 Å². The largest absolute Gasteiger partial charge is 0.451 e. The van der Waals surface area contributed by atoms with Gasteiger partial charge in [-0.1, -0.05) is 32.0 Å². The molecule has 5 heteroatoms. The molecule has 0 aliphatic heterocycles. The lowest BCUT2D eigenvalue weighted by atomic mass is 9.93. The second kappa shape index (κ2) is 6.72. The van der Waals surface area contributed by atoms with Crippen LogP contribution in [0.1, 0.15) is 30.0 Å². The number of nitrogens with zero attached hydrogens (tertiary/aromatic N) is 2. The van der Waals surface area contributed by atoms with Gasteiger partial charge in [-0.3, -0.25) is 4.79 Å².